The number of fused-ring (bicyclic) bond motifs is 1. The van der Waals surface area contributed by atoms with Crippen LogP contribution in [-0.4, -0.2) is 60.2 Å². The maximum Gasteiger partial charge on any atom is 0.228 e. The molecule has 1 aromatic carbocycles. The van der Waals surface area contributed by atoms with Crippen molar-refractivity contribution in [2.24, 2.45) is 10.7 Å². The van der Waals surface area contributed by atoms with Crippen molar-refractivity contribution in [2.75, 3.05) is 33.3 Å². The second-order valence-electron chi connectivity index (χ2n) is 6.92. The van der Waals surface area contributed by atoms with Gasteiger partial charge in [-0.25, -0.2) is 0 Å². The van der Waals surface area contributed by atoms with Gasteiger partial charge in [0.25, 0.3) is 0 Å². The van der Waals surface area contributed by atoms with Crippen molar-refractivity contribution in [1.82, 2.24) is 9.80 Å². The zero-order valence-electron chi connectivity index (χ0n) is 14.9. The van der Waals surface area contributed by atoms with Crippen molar-refractivity contribution in [3.63, 3.8) is 0 Å². The van der Waals surface area contributed by atoms with Gasteiger partial charge in [0.15, 0.2) is 5.17 Å². The third-order valence-corrected chi connectivity index (χ3v) is 6.21. The summed E-state index contributed by atoms with van der Waals surface area (Å²) in [5.41, 5.74) is 8.58. The Bertz CT molecular complexity index is 746. The minimum absolute atomic E-state index is 0.0358. The minimum Gasteiger partial charge on any atom is -0.497 e. The van der Waals surface area contributed by atoms with E-state index in [0.717, 1.165) is 41.7 Å². The van der Waals surface area contributed by atoms with Gasteiger partial charge in [0.2, 0.25) is 5.91 Å². The molecule has 1 saturated heterocycles. The van der Waals surface area contributed by atoms with Crippen molar-refractivity contribution in [3.8, 4) is 5.75 Å². The highest BCUT2D eigenvalue weighted by molar-refractivity contribution is 8.16. The highest BCUT2D eigenvalue weighted by atomic mass is 32.2. The van der Waals surface area contributed by atoms with Gasteiger partial charge in [-0.3, -0.25) is 9.79 Å². The number of hydrogen-bond donors (Lipinski definition) is 1. The Balaban J connectivity index is 1.40. The average molecular weight is 372 g/mol. The second kappa shape index (κ2) is 7.32. The normalized spacial score (nSPS) is 25.0. The quantitative estimate of drug-likeness (QED) is 0.875. The highest BCUT2D eigenvalue weighted by Gasteiger charge is 2.35. The Morgan fingerprint density at radius 1 is 1.35 bits per heavy atom. The molecule has 0 aliphatic carbocycles. The molecule has 7 heteroatoms. The molecule has 2 N–H and O–H groups in total. The molecule has 3 aliphatic rings. The molecular formula is C19H24N4O2S. The van der Waals surface area contributed by atoms with E-state index in [4.69, 9.17) is 10.5 Å². The average Bonchev–Trinajstić information content (AvgIpc) is 3.26. The monoisotopic (exact) mass is 372 g/mol. The summed E-state index contributed by atoms with van der Waals surface area (Å²) in [6.07, 6.45) is 1.47. The molecular weight excluding hydrogens is 348 g/mol. The Morgan fingerprint density at radius 2 is 2.15 bits per heavy atom. The summed E-state index contributed by atoms with van der Waals surface area (Å²) < 4.78 is 5.22. The van der Waals surface area contributed by atoms with Crippen LogP contribution in [0.5, 0.6) is 5.75 Å². The van der Waals surface area contributed by atoms with Crippen molar-refractivity contribution in [1.29, 1.82) is 0 Å². The van der Waals surface area contributed by atoms with Crippen LogP contribution in [0.2, 0.25) is 0 Å². The van der Waals surface area contributed by atoms with E-state index in [-0.39, 0.29) is 17.9 Å². The fourth-order valence-corrected chi connectivity index (χ4v) is 4.73. The predicted molar refractivity (Wildman–Crippen MR) is 104 cm³/mol. The van der Waals surface area contributed by atoms with Gasteiger partial charge < -0.3 is 20.3 Å². The van der Waals surface area contributed by atoms with E-state index < -0.39 is 0 Å². The van der Waals surface area contributed by atoms with Gasteiger partial charge in [0, 0.05) is 43.8 Å². The number of benzene rings is 1. The van der Waals surface area contributed by atoms with Crippen LogP contribution in [0.3, 0.4) is 0 Å². The molecule has 138 valence electrons. The van der Waals surface area contributed by atoms with E-state index in [1.54, 1.807) is 18.9 Å². The fraction of sp³-hybridized carbons (Fsp3) is 0.474. The zero-order chi connectivity index (χ0) is 18.1. The number of nitrogens with zero attached hydrogens (tertiary/aromatic N) is 3. The second-order valence-corrected chi connectivity index (χ2v) is 7.75. The molecule has 0 saturated carbocycles. The minimum atomic E-state index is -0.0358. The Labute approximate surface area is 158 Å². The van der Waals surface area contributed by atoms with Crippen molar-refractivity contribution < 1.29 is 9.53 Å². The molecule has 0 spiro atoms. The van der Waals surface area contributed by atoms with Gasteiger partial charge in [-0.1, -0.05) is 23.9 Å². The molecule has 26 heavy (non-hydrogen) atoms. The lowest BCUT2D eigenvalue weighted by Crippen LogP contribution is -2.35. The lowest BCUT2D eigenvalue weighted by atomic mass is 9.95. The molecule has 0 radical (unpaired) electrons. The van der Waals surface area contributed by atoms with Crippen LogP contribution >= 0.6 is 11.8 Å². The topological polar surface area (TPSA) is 71.2 Å². The number of carbonyl (C=O) groups excluding carboxylic acids is 1. The number of amidine groups is 1. The van der Waals surface area contributed by atoms with Crippen LogP contribution in [0, 0.1) is 0 Å². The fourth-order valence-electron chi connectivity index (χ4n) is 3.78. The van der Waals surface area contributed by atoms with E-state index in [1.807, 2.05) is 29.2 Å². The van der Waals surface area contributed by atoms with Crippen LogP contribution in [0.4, 0.5) is 0 Å². The Hall–Kier alpha value is -1.99. The van der Waals surface area contributed by atoms with Gasteiger partial charge in [-0.2, -0.15) is 0 Å². The Kier molecular flexibility index (Phi) is 4.91. The molecule has 0 aromatic heterocycles. The number of nitrogens with two attached hydrogens (primary N) is 1. The third kappa shape index (κ3) is 3.33. The number of methoxy groups -OCH3 is 1. The molecule has 1 fully saturated rings. The SMILES string of the molecule is COc1ccc([C@H]2CN(C(=O)CC3=CSC4=NCCCN34)C[C@@H]2N)cc1. The number of rotatable bonds is 4. The summed E-state index contributed by atoms with van der Waals surface area (Å²) in [6.45, 7) is 3.13. The summed E-state index contributed by atoms with van der Waals surface area (Å²) in [4.78, 5) is 21.4. The standard InChI is InChI=1S/C19H24N4O2S/c1-25-15-5-3-13(4-6-15)16-10-22(11-17(16)20)18(24)9-14-12-26-19-21-7-2-8-23(14)19/h3-6,12,16-17H,2,7-11,20H2,1H3/t16-,17+/m1/s1. The number of hydrogen-bond acceptors (Lipinski definition) is 6. The number of likely N-dealkylation sites (tertiary alicyclic amines) is 1. The first-order chi connectivity index (χ1) is 12.7. The number of aliphatic imine (C=N–C) groups is 1. The maximum absolute atomic E-state index is 12.8. The first-order valence-electron chi connectivity index (χ1n) is 9.00. The number of carbonyl (C=O) groups is 1. The van der Waals surface area contributed by atoms with Crippen molar-refractivity contribution >= 4 is 22.8 Å². The van der Waals surface area contributed by atoms with Gasteiger partial charge in [-0.15, -0.1) is 0 Å². The van der Waals surface area contributed by atoms with Crippen molar-refractivity contribution in [2.45, 2.75) is 24.8 Å². The molecule has 0 bridgehead atoms. The molecule has 6 nitrogen and oxygen atoms in total. The summed E-state index contributed by atoms with van der Waals surface area (Å²) in [7, 11) is 1.66. The summed E-state index contributed by atoms with van der Waals surface area (Å²) in [6, 6.07) is 7.95. The largest absolute Gasteiger partial charge is 0.497 e. The van der Waals surface area contributed by atoms with Gasteiger partial charge in [-0.05, 0) is 29.5 Å². The zero-order valence-corrected chi connectivity index (χ0v) is 15.7. The van der Waals surface area contributed by atoms with E-state index >= 15 is 0 Å². The molecule has 2 atom stereocenters. The van der Waals surface area contributed by atoms with Crippen molar-refractivity contribution in [3.05, 3.63) is 40.9 Å². The molecule has 3 heterocycles. The first-order valence-corrected chi connectivity index (χ1v) is 9.88. The lowest BCUT2D eigenvalue weighted by molar-refractivity contribution is -0.129. The maximum atomic E-state index is 12.8. The van der Waals surface area contributed by atoms with E-state index in [2.05, 4.69) is 15.3 Å². The van der Waals surface area contributed by atoms with E-state index in [0.29, 0.717) is 19.5 Å². The number of thioether (sulfide) groups is 1. The highest BCUT2D eigenvalue weighted by Crippen LogP contribution is 2.33. The van der Waals surface area contributed by atoms with E-state index in [9.17, 15) is 4.79 Å². The lowest BCUT2D eigenvalue weighted by Gasteiger charge is -2.26. The predicted octanol–water partition coefficient (Wildman–Crippen LogP) is 1.99. The molecule has 1 amide bonds. The molecule has 0 unspecified atom stereocenters. The van der Waals surface area contributed by atoms with Crippen LogP contribution in [-0.2, 0) is 4.79 Å². The summed E-state index contributed by atoms with van der Waals surface area (Å²) in [5.74, 6) is 1.15. The van der Waals surface area contributed by atoms with Crippen LogP contribution in [0.15, 0.2) is 40.4 Å². The number of ether oxygens (including phenoxy) is 1. The van der Waals surface area contributed by atoms with Crippen LogP contribution in [0.25, 0.3) is 0 Å². The van der Waals surface area contributed by atoms with Gasteiger partial charge >= 0.3 is 0 Å². The van der Waals surface area contributed by atoms with E-state index in [1.165, 1.54) is 0 Å². The summed E-state index contributed by atoms with van der Waals surface area (Å²) in [5, 5.41) is 3.10. The molecule has 3 aliphatic heterocycles. The van der Waals surface area contributed by atoms with Gasteiger partial charge in [0.1, 0.15) is 5.75 Å². The molecule has 4 rings (SSSR count). The smallest absolute Gasteiger partial charge is 0.228 e. The Morgan fingerprint density at radius 3 is 2.92 bits per heavy atom. The third-order valence-electron chi connectivity index (χ3n) is 5.26. The number of amides is 1. The first kappa shape index (κ1) is 17.4. The van der Waals surface area contributed by atoms with Crippen LogP contribution < -0.4 is 10.5 Å². The molecule has 1 aromatic rings. The summed E-state index contributed by atoms with van der Waals surface area (Å²) >= 11 is 1.63. The van der Waals surface area contributed by atoms with Crippen LogP contribution in [0.1, 0.15) is 24.3 Å². The van der Waals surface area contributed by atoms with Gasteiger partial charge in [0.05, 0.1) is 13.5 Å².